The van der Waals surface area contributed by atoms with E-state index in [1.165, 1.54) is 0 Å². The lowest BCUT2D eigenvalue weighted by Crippen LogP contribution is -2.59. The van der Waals surface area contributed by atoms with Crippen LogP contribution >= 0.6 is 0 Å². The number of hydrogen-bond donors (Lipinski definition) is 1. The molecule has 1 N–H and O–H groups in total. The topological polar surface area (TPSA) is 41.6 Å². The molecule has 0 amide bonds. The van der Waals surface area contributed by atoms with Crippen LogP contribution in [0.4, 0.5) is 0 Å². The maximum atomic E-state index is 12.2. The smallest absolute Gasteiger partial charge is 0.327 e. The van der Waals surface area contributed by atoms with Gasteiger partial charge < -0.3 is 9.64 Å². The van der Waals surface area contributed by atoms with E-state index in [0.29, 0.717) is 19.1 Å². The minimum atomic E-state index is -0.646. The molecule has 114 valence electrons. The van der Waals surface area contributed by atoms with Crippen molar-refractivity contribution in [1.82, 2.24) is 10.2 Å². The van der Waals surface area contributed by atoms with E-state index in [1.54, 1.807) is 0 Å². The Morgan fingerprint density at radius 1 is 1.32 bits per heavy atom. The molecule has 2 atom stereocenters. The Morgan fingerprint density at radius 2 is 1.89 bits per heavy atom. The Hall–Kier alpha value is -0.610. The van der Waals surface area contributed by atoms with E-state index in [1.807, 2.05) is 27.7 Å². The lowest BCUT2D eigenvalue weighted by atomic mass is 9.99. The molecule has 0 bridgehead atoms. The summed E-state index contributed by atoms with van der Waals surface area (Å²) in [6.07, 6.45) is 1.15. The van der Waals surface area contributed by atoms with Gasteiger partial charge in [-0.3, -0.25) is 10.1 Å². The predicted molar refractivity (Wildman–Crippen MR) is 80.3 cm³/mol. The highest BCUT2D eigenvalue weighted by atomic mass is 16.5. The second-order valence-corrected chi connectivity index (χ2v) is 6.06. The highest BCUT2D eigenvalue weighted by Crippen LogP contribution is 2.12. The van der Waals surface area contributed by atoms with Crippen LogP contribution in [0.25, 0.3) is 0 Å². The number of rotatable bonds is 9. The first kappa shape index (κ1) is 18.4. The molecule has 0 saturated carbocycles. The Morgan fingerprint density at radius 3 is 2.32 bits per heavy atom. The molecule has 4 heteroatoms. The third kappa shape index (κ3) is 6.92. The van der Waals surface area contributed by atoms with Gasteiger partial charge in [0.25, 0.3) is 0 Å². The van der Waals surface area contributed by atoms with E-state index in [0.717, 1.165) is 13.0 Å². The van der Waals surface area contributed by atoms with E-state index in [-0.39, 0.29) is 12.0 Å². The van der Waals surface area contributed by atoms with E-state index < -0.39 is 5.54 Å². The van der Waals surface area contributed by atoms with E-state index >= 15 is 0 Å². The quantitative estimate of drug-likeness (QED) is 0.654. The predicted octanol–water partition coefficient (Wildman–Crippen LogP) is 2.28. The molecule has 0 radical (unpaired) electrons. The fraction of sp³-hybridized carbons (Fsp3) is 0.933. The molecule has 0 aromatic carbocycles. The monoisotopic (exact) mass is 272 g/mol. The van der Waals surface area contributed by atoms with Crippen LogP contribution in [0.5, 0.6) is 0 Å². The van der Waals surface area contributed by atoms with Gasteiger partial charge >= 0.3 is 5.97 Å². The maximum Gasteiger partial charge on any atom is 0.327 e. The standard InChI is InChI=1S/C15H32N2O2/c1-8-13(5)10-17(7)11-15(6,16-12(3)4)14(18)19-9-2/h12-13,16H,8-11H2,1-7H3. The van der Waals surface area contributed by atoms with E-state index in [2.05, 4.69) is 31.1 Å². The second-order valence-electron chi connectivity index (χ2n) is 6.06. The first-order valence-electron chi connectivity index (χ1n) is 7.38. The second kappa shape index (κ2) is 8.54. The van der Waals surface area contributed by atoms with Crippen molar-refractivity contribution in [3.8, 4) is 0 Å². The van der Waals surface area contributed by atoms with Gasteiger partial charge in [-0.2, -0.15) is 0 Å². The molecule has 0 aliphatic rings. The summed E-state index contributed by atoms with van der Waals surface area (Å²) >= 11 is 0. The minimum absolute atomic E-state index is 0.167. The molecule has 0 aliphatic carbocycles. The SMILES string of the molecule is CCOC(=O)C(C)(CN(C)CC(C)CC)NC(C)C. The average Bonchev–Trinajstić information content (AvgIpc) is 2.27. The average molecular weight is 272 g/mol. The summed E-state index contributed by atoms with van der Waals surface area (Å²) in [5, 5.41) is 3.35. The van der Waals surface area contributed by atoms with Crippen LogP contribution in [-0.4, -0.2) is 49.2 Å². The third-order valence-corrected chi connectivity index (χ3v) is 3.24. The fourth-order valence-corrected chi connectivity index (χ4v) is 2.36. The van der Waals surface area contributed by atoms with Crippen molar-refractivity contribution in [1.29, 1.82) is 0 Å². The molecular formula is C15H32N2O2. The van der Waals surface area contributed by atoms with Gasteiger partial charge in [-0.15, -0.1) is 0 Å². The largest absolute Gasteiger partial charge is 0.465 e. The van der Waals surface area contributed by atoms with Gasteiger partial charge in [-0.25, -0.2) is 0 Å². The lowest BCUT2D eigenvalue weighted by molar-refractivity contribution is -0.151. The van der Waals surface area contributed by atoms with Crippen LogP contribution < -0.4 is 5.32 Å². The molecule has 2 unspecified atom stereocenters. The number of carbonyl (C=O) groups is 1. The van der Waals surface area contributed by atoms with Crippen molar-refractivity contribution >= 4 is 5.97 Å². The Kier molecular flexibility index (Phi) is 8.26. The van der Waals surface area contributed by atoms with Crippen molar-refractivity contribution in [2.75, 3.05) is 26.7 Å². The molecule has 19 heavy (non-hydrogen) atoms. The zero-order valence-corrected chi connectivity index (χ0v) is 13.7. The zero-order chi connectivity index (χ0) is 15.1. The molecule has 0 rings (SSSR count). The number of nitrogens with zero attached hydrogens (tertiary/aromatic N) is 1. The number of ether oxygens (including phenoxy) is 1. The van der Waals surface area contributed by atoms with Crippen molar-refractivity contribution in [3.05, 3.63) is 0 Å². The number of esters is 1. The molecule has 0 aliphatic heterocycles. The number of likely N-dealkylation sites (N-methyl/N-ethyl adjacent to an activating group) is 1. The van der Waals surface area contributed by atoms with Crippen LogP contribution in [0.2, 0.25) is 0 Å². The summed E-state index contributed by atoms with van der Waals surface area (Å²) in [4.78, 5) is 14.4. The molecule has 0 heterocycles. The number of hydrogen-bond acceptors (Lipinski definition) is 4. The van der Waals surface area contributed by atoms with Crippen LogP contribution in [-0.2, 0) is 9.53 Å². The highest BCUT2D eigenvalue weighted by molar-refractivity contribution is 5.80. The van der Waals surface area contributed by atoms with E-state index in [9.17, 15) is 4.79 Å². The molecule has 0 aromatic heterocycles. The molecule has 0 fully saturated rings. The first-order valence-corrected chi connectivity index (χ1v) is 7.38. The molecule has 0 spiro atoms. The highest BCUT2D eigenvalue weighted by Gasteiger charge is 2.36. The van der Waals surface area contributed by atoms with Gasteiger partial charge in [0.05, 0.1) is 6.61 Å². The summed E-state index contributed by atoms with van der Waals surface area (Å²) in [7, 11) is 2.06. The molecule has 0 saturated heterocycles. The lowest BCUT2D eigenvalue weighted by Gasteiger charge is -2.35. The molecular weight excluding hydrogens is 240 g/mol. The van der Waals surface area contributed by atoms with Crippen LogP contribution in [0, 0.1) is 5.92 Å². The van der Waals surface area contributed by atoms with Gasteiger partial charge in [0.15, 0.2) is 0 Å². The normalized spacial score (nSPS) is 16.5. The van der Waals surface area contributed by atoms with Gasteiger partial charge in [-0.1, -0.05) is 20.3 Å². The summed E-state index contributed by atoms with van der Waals surface area (Å²) in [6, 6.07) is 0.242. The van der Waals surface area contributed by atoms with Gasteiger partial charge in [0.1, 0.15) is 5.54 Å². The van der Waals surface area contributed by atoms with Crippen molar-refractivity contribution in [2.45, 2.75) is 59.5 Å². The Bertz CT molecular complexity index is 269. The van der Waals surface area contributed by atoms with Crippen molar-refractivity contribution < 1.29 is 9.53 Å². The zero-order valence-electron chi connectivity index (χ0n) is 13.7. The van der Waals surface area contributed by atoms with Gasteiger partial charge in [0, 0.05) is 19.1 Å². The van der Waals surface area contributed by atoms with Crippen molar-refractivity contribution in [2.24, 2.45) is 5.92 Å². The summed E-state index contributed by atoms with van der Waals surface area (Å²) in [5.41, 5.74) is -0.646. The minimum Gasteiger partial charge on any atom is -0.465 e. The first-order chi connectivity index (χ1) is 8.75. The Balaban J connectivity index is 4.70. The van der Waals surface area contributed by atoms with E-state index in [4.69, 9.17) is 4.74 Å². The summed E-state index contributed by atoms with van der Waals surface area (Å²) < 4.78 is 5.21. The van der Waals surface area contributed by atoms with Crippen LogP contribution in [0.3, 0.4) is 0 Å². The maximum absolute atomic E-state index is 12.2. The number of carbonyl (C=O) groups excluding carboxylic acids is 1. The summed E-state index contributed by atoms with van der Waals surface area (Å²) in [5.74, 6) is 0.468. The molecule has 0 aromatic rings. The van der Waals surface area contributed by atoms with Crippen LogP contribution in [0.15, 0.2) is 0 Å². The fourth-order valence-electron chi connectivity index (χ4n) is 2.36. The van der Waals surface area contributed by atoms with Crippen LogP contribution in [0.1, 0.15) is 48.0 Å². The van der Waals surface area contributed by atoms with Gasteiger partial charge in [0.2, 0.25) is 0 Å². The van der Waals surface area contributed by atoms with Gasteiger partial charge in [-0.05, 0) is 40.7 Å². The van der Waals surface area contributed by atoms with Crippen molar-refractivity contribution in [3.63, 3.8) is 0 Å². The summed E-state index contributed by atoms with van der Waals surface area (Å²) in [6.45, 7) is 14.4. The third-order valence-electron chi connectivity index (χ3n) is 3.24. The number of nitrogens with one attached hydrogen (secondary N) is 1. The molecule has 4 nitrogen and oxygen atoms in total. The Labute approximate surface area is 118 Å².